The molecule has 4 nitrogen and oxygen atoms in total. The van der Waals surface area contributed by atoms with Crippen molar-refractivity contribution in [3.05, 3.63) is 0 Å². The molecule has 0 aliphatic rings. The number of hydrogen-bond donors (Lipinski definition) is 2. The summed E-state index contributed by atoms with van der Waals surface area (Å²) in [5.74, 6) is -0.764. The molecule has 64 valence electrons. The van der Waals surface area contributed by atoms with Gasteiger partial charge in [-0.25, -0.2) is 0 Å². The number of rotatable bonds is 5. The Hall–Kier alpha value is -0.545. The smallest absolute Gasteiger partial charge is 0.361 e. The highest BCUT2D eigenvalue weighted by atomic mass is 16.4. The number of aliphatic carboxylic acids is 1. The van der Waals surface area contributed by atoms with Crippen LogP contribution in [0.1, 0.15) is 13.8 Å². The summed E-state index contributed by atoms with van der Waals surface area (Å²) in [5, 5.41) is 11.4. The van der Waals surface area contributed by atoms with Crippen molar-refractivity contribution in [1.82, 2.24) is 5.23 Å². The fourth-order valence-electron chi connectivity index (χ4n) is 0.781. The van der Waals surface area contributed by atoms with Crippen LogP contribution in [0, 0.1) is 5.92 Å². The van der Waals surface area contributed by atoms with E-state index in [9.17, 15) is 4.79 Å². The standard InChI is InChI=1S/C6H14BNO3/c1-4(2)5(6(9)10)8-7-11-3/h4-5,7-8H,1-3H3,(H,9,10). The molecule has 1 unspecified atom stereocenters. The molecule has 0 spiro atoms. The van der Waals surface area contributed by atoms with Crippen molar-refractivity contribution in [3.63, 3.8) is 0 Å². The van der Waals surface area contributed by atoms with Crippen molar-refractivity contribution in [3.8, 4) is 0 Å². The molecule has 0 heterocycles. The van der Waals surface area contributed by atoms with Gasteiger partial charge in [-0.1, -0.05) is 13.8 Å². The van der Waals surface area contributed by atoms with Gasteiger partial charge >= 0.3 is 13.6 Å². The zero-order valence-corrected chi connectivity index (χ0v) is 7.13. The maximum Gasteiger partial charge on any atom is 0.361 e. The molecule has 0 amide bonds. The van der Waals surface area contributed by atoms with Gasteiger partial charge in [0.1, 0.15) is 0 Å². The average molecular weight is 159 g/mol. The van der Waals surface area contributed by atoms with Crippen LogP contribution in [0.5, 0.6) is 0 Å². The van der Waals surface area contributed by atoms with Crippen molar-refractivity contribution in [2.24, 2.45) is 5.92 Å². The topological polar surface area (TPSA) is 58.6 Å². The SMILES string of the molecule is COBNC(C(=O)O)C(C)C. The molecule has 0 aliphatic carbocycles. The molecule has 0 aromatic rings. The molecule has 0 saturated heterocycles. The van der Waals surface area contributed by atoms with Gasteiger partial charge in [0.25, 0.3) is 0 Å². The van der Waals surface area contributed by atoms with E-state index in [2.05, 4.69) is 5.23 Å². The Morgan fingerprint density at radius 2 is 2.18 bits per heavy atom. The molecule has 0 bridgehead atoms. The summed E-state index contributed by atoms with van der Waals surface area (Å²) >= 11 is 0. The van der Waals surface area contributed by atoms with Crippen LogP contribution in [0.15, 0.2) is 0 Å². The van der Waals surface area contributed by atoms with Crippen molar-refractivity contribution < 1.29 is 14.6 Å². The van der Waals surface area contributed by atoms with E-state index in [1.54, 1.807) is 0 Å². The van der Waals surface area contributed by atoms with E-state index < -0.39 is 12.0 Å². The Bertz CT molecular complexity index is 129. The Kier molecular flexibility index (Phi) is 4.90. The summed E-state index contributed by atoms with van der Waals surface area (Å²) in [5.41, 5.74) is 0. The summed E-state index contributed by atoms with van der Waals surface area (Å²) < 4.78 is 4.70. The largest absolute Gasteiger partial charge is 0.480 e. The lowest BCUT2D eigenvalue weighted by molar-refractivity contribution is -0.140. The molecule has 2 N–H and O–H groups in total. The lowest BCUT2D eigenvalue weighted by Gasteiger charge is -2.16. The normalized spacial score (nSPS) is 13.1. The van der Waals surface area contributed by atoms with Gasteiger partial charge in [-0.05, 0) is 5.92 Å². The second-order valence-electron chi connectivity index (χ2n) is 2.70. The predicted molar refractivity (Wildman–Crippen MR) is 43.6 cm³/mol. The lowest BCUT2D eigenvalue weighted by Crippen LogP contribution is -2.43. The summed E-state index contributed by atoms with van der Waals surface area (Å²) in [6, 6.07) is -0.519. The summed E-state index contributed by atoms with van der Waals surface area (Å²) in [6.45, 7) is 3.70. The minimum Gasteiger partial charge on any atom is -0.480 e. The molecule has 0 aliphatic heterocycles. The van der Waals surface area contributed by atoms with Crippen LogP contribution in [0.4, 0.5) is 0 Å². The van der Waals surface area contributed by atoms with Gasteiger partial charge in [0, 0.05) is 7.11 Å². The first-order chi connectivity index (χ1) is 5.09. The maximum atomic E-state index is 10.5. The van der Waals surface area contributed by atoms with Gasteiger partial charge in [-0.2, -0.15) is 0 Å². The average Bonchev–Trinajstić information content (AvgIpc) is 1.87. The Morgan fingerprint density at radius 3 is 2.45 bits per heavy atom. The molecule has 1 atom stereocenters. The highest BCUT2D eigenvalue weighted by molar-refractivity contribution is 6.24. The van der Waals surface area contributed by atoms with Gasteiger partial charge in [0.2, 0.25) is 0 Å². The fraction of sp³-hybridized carbons (Fsp3) is 0.833. The monoisotopic (exact) mass is 159 g/mol. The second kappa shape index (κ2) is 5.15. The maximum absolute atomic E-state index is 10.5. The fourth-order valence-corrected chi connectivity index (χ4v) is 0.781. The molecule has 0 fully saturated rings. The van der Waals surface area contributed by atoms with Gasteiger partial charge < -0.3 is 15.0 Å². The Morgan fingerprint density at radius 1 is 1.64 bits per heavy atom. The van der Waals surface area contributed by atoms with Crippen LogP contribution >= 0.6 is 0 Å². The summed E-state index contributed by atoms with van der Waals surface area (Å²) in [7, 11) is 1.79. The number of hydrogen-bond acceptors (Lipinski definition) is 3. The first kappa shape index (κ1) is 10.5. The number of carbonyl (C=O) groups is 1. The van der Waals surface area contributed by atoms with Crippen molar-refractivity contribution in [1.29, 1.82) is 0 Å². The van der Waals surface area contributed by atoms with Gasteiger partial charge in [-0.3, -0.25) is 4.79 Å². The van der Waals surface area contributed by atoms with Crippen LogP contribution in [0.2, 0.25) is 0 Å². The van der Waals surface area contributed by atoms with E-state index in [1.165, 1.54) is 7.11 Å². The lowest BCUT2D eigenvalue weighted by atomic mass is 10.0. The molecule has 0 aromatic heterocycles. The van der Waals surface area contributed by atoms with E-state index in [1.807, 2.05) is 13.8 Å². The van der Waals surface area contributed by atoms with E-state index in [4.69, 9.17) is 9.76 Å². The molecular formula is C6H14BNO3. The van der Waals surface area contributed by atoms with Crippen LogP contribution in [0.25, 0.3) is 0 Å². The Labute approximate surface area is 67.2 Å². The molecule has 0 aromatic carbocycles. The van der Waals surface area contributed by atoms with Crippen LogP contribution in [0.3, 0.4) is 0 Å². The number of carboxylic acids is 1. The first-order valence-corrected chi connectivity index (χ1v) is 3.54. The Balaban J connectivity index is 3.80. The minimum absolute atomic E-state index is 0.0719. The highest BCUT2D eigenvalue weighted by Crippen LogP contribution is 2.00. The van der Waals surface area contributed by atoms with E-state index in [-0.39, 0.29) is 13.5 Å². The van der Waals surface area contributed by atoms with Crippen molar-refractivity contribution in [2.75, 3.05) is 7.11 Å². The predicted octanol–water partition coefficient (Wildman–Crippen LogP) is -0.402. The van der Waals surface area contributed by atoms with Crippen LogP contribution < -0.4 is 5.23 Å². The zero-order valence-electron chi connectivity index (χ0n) is 7.13. The van der Waals surface area contributed by atoms with Gasteiger partial charge in [0.15, 0.2) is 0 Å². The van der Waals surface area contributed by atoms with Gasteiger partial charge in [0.05, 0.1) is 6.04 Å². The zero-order chi connectivity index (χ0) is 8.85. The van der Waals surface area contributed by atoms with E-state index in [0.717, 1.165) is 0 Å². The van der Waals surface area contributed by atoms with E-state index >= 15 is 0 Å². The van der Waals surface area contributed by atoms with Crippen LogP contribution in [-0.4, -0.2) is 31.8 Å². The van der Waals surface area contributed by atoms with E-state index in [0.29, 0.717) is 0 Å². The molecule has 0 rings (SSSR count). The highest BCUT2D eigenvalue weighted by Gasteiger charge is 2.20. The third kappa shape index (κ3) is 4.00. The molecule has 11 heavy (non-hydrogen) atoms. The third-order valence-corrected chi connectivity index (χ3v) is 1.38. The number of nitrogens with one attached hydrogen (secondary N) is 1. The van der Waals surface area contributed by atoms with Crippen molar-refractivity contribution in [2.45, 2.75) is 19.9 Å². The molecular weight excluding hydrogens is 145 g/mol. The molecule has 0 saturated carbocycles. The minimum atomic E-state index is -0.836. The van der Waals surface area contributed by atoms with Gasteiger partial charge in [-0.15, -0.1) is 0 Å². The quantitative estimate of drug-likeness (QED) is 0.535. The molecule has 5 heteroatoms. The first-order valence-electron chi connectivity index (χ1n) is 3.54. The summed E-state index contributed by atoms with van der Waals surface area (Å²) in [6.07, 6.45) is 0. The molecule has 0 radical (unpaired) electrons. The number of carboxylic acid groups (broad SMARTS) is 1. The van der Waals surface area contributed by atoms with Crippen molar-refractivity contribution >= 4 is 13.6 Å². The summed E-state index contributed by atoms with van der Waals surface area (Å²) in [4.78, 5) is 10.5. The second-order valence-corrected chi connectivity index (χ2v) is 2.70. The third-order valence-electron chi connectivity index (χ3n) is 1.38. The van der Waals surface area contributed by atoms with Crippen LogP contribution in [-0.2, 0) is 9.45 Å².